The summed E-state index contributed by atoms with van der Waals surface area (Å²) in [6.45, 7) is 3.32. The van der Waals surface area contributed by atoms with Crippen molar-refractivity contribution >= 4 is 18.1 Å². The molecule has 0 spiro atoms. The van der Waals surface area contributed by atoms with Gasteiger partial charge in [0.25, 0.3) is 12.4 Å². The normalized spacial score (nSPS) is 19.4. The fourth-order valence-corrected chi connectivity index (χ4v) is 5.02. The van der Waals surface area contributed by atoms with Gasteiger partial charge in [0.1, 0.15) is 23.2 Å². The first kappa shape index (κ1) is 27.1. The quantitative estimate of drug-likeness (QED) is 0.299. The molecule has 1 saturated carbocycles. The van der Waals surface area contributed by atoms with Crippen LogP contribution in [0.5, 0.6) is 0 Å². The molecule has 0 aromatic carbocycles. The number of rotatable bonds is 6. The largest absolute Gasteiger partial charge is 0.483 e. The number of ether oxygens (including phenoxy) is 1. The predicted molar refractivity (Wildman–Crippen MR) is 138 cm³/mol. The van der Waals surface area contributed by atoms with E-state index in [0.29, 0.717) is 23.1 Å². The zero-order chi connectivity index (χ0) is 27.9. The summed E-state index contributed by atoms with van der Waals surface area (Å²) in [5.74, 6) is -1.25. The van der Waals surface area contributed by atoms with Gasteiger partial charge in [0, 0.05) is 37.7 Å². The lowest BCUT2D eigenvalue weighted by Crippen LogP contribution is -2.45. The molecule has 2 fully saturated rings. The molecule has 1 amide bonds. The molecular formula is C25H28FN9O5. The van der Waals surface area contributed by atoms with E-state index in [4.69, 9.17) is 24.2 Å². The molecule has 6 rings (SSSR count). The molecule has 15 heteroatoms. The first-order valence-electron chi connectivity index (χ1n) is 12.8. The second kappa shape index (κ2) is 12.6. The highest BCUT2D eigenvalue weighted by molar-refractivity contribution is 6.04. The first-order valence-corrected chi connectivity index (χ1v) is 12.8. The van der Waals surface area contributed by atoms with Crippen LogP contribution in [0.4, 0.5) is 10.1 Å². The second-order valence-electron chi connectivity index (χ2n) is 9.27. The number of carboxylic acid groups (broad SMARTS) is 1. The van der Waals surface area contributed by atoms with E-state index in [-0.39, 0.29) is 29.7 Å². The molecule has 5 heterocycles. The fourth-order valence-electron chi connectivity index (χ4n) is 5.02. The minimum absolute atomic E-state index is 0.000495. The van der Waals surface area contributed by atoms with Gasteiger partial charge in [0.2, 0.25) is 11.8 Å². The van der Waals surface area contributed by atoms with Crippen molar-refractivity contribution in [3.05, 3.63) is 48.9 Å². The van der Waals surface area contributed by atoms with Crippen LogP contribution in [0.1, 0.15) is 42.2 Å². The Morgan fingerprint density at radius 1 is 1.15 bits per heavy atom. The van der Waals surface area contributed by atoms with E-state index in [1.807, 2.05) is 10.9 Å². The Labute approximate surface area is 227 Å². The third-order valence-electron chi connectivity index (χ3n) is 6.95. The monoisotopic (exact) mass is 553 g/mol. The van der Waals surface area contributed by atoms with E-state index in [2.05, 4.69) is 35.4 Å². The van der Waals surface area contributed by atoms with Crippen molar-refractivity contribution in [3.63, 3.8) is 0 Å². The Kier molecular flexibility index (Phi) is 8.51. The molecule has 0 bridgehead atoms. The number of aromatic amines is 1. The van der Waals surface area contributed by atoms with Crippen molar-refractivity contribution in [1.29, 1.82) is 0 Å². The van der Waals surface area contributed by atoms with E-state index in [1.165, 1.54) is 12.5 Å². The number of H-pyrrole nitrogens is 1. The predicted octanol–water partition coefficient (Wildman–Crippen LogP) is 2.63. The van der Waals surface area contributed by atoms with Gasteiger partial charge in [-0.1, -0.05) is 0 Å². The number of nitrogens with zero attached hydrogens (tertiary/aromatic N) is 7. The summed E-state index contributed by atoms with van der Waals surface area (Å²) in [7, 11) is 0. The highest BCUT2D eigenvalue weighted by atomic mass is 19.1. The zero-order valence-corrected chi connectivity index (χ0v) is 21.4. The Morgan fingerprint density at radius 3 is 2.58 bits per heavy atom. The topological polar surface area (TPSA) is 177 Å². The molecule has 1 aliphatic heterocycles. The smallest absolute Gasteiger partial charge is 0.290 e. The number of amides is 1. The van der Waals surface area contributed by atoms with Crippen molar-refractivity contribution in [3.8, 4) is 22.8 Å². The summed E-state index contributed by atoms with van der Waals surface area (Å²) in [5.41, 5.74) is 1.58. The van der Waals surface area contributed by atoms with Crippen LogP contribution in [-0.4, -0.2) is 89.7 Å². The average molecular weight is 554 g/mol. The maximum absolute atomic E-state index is 13.8. The van der Waals surface area contributed by atoms with Crippen molar-refractivity contribution < 1.29 is 28.2 Å². The van der Waals surface area contributed by atoms with Crippen molar-refractivity contribution in [2.45, 2.75) is 37.8 Å². The Balaban J connectivity index is 0.00000103. The summed E-state index contributed by atoms with van der Waals surface area (Å²) in [5, 5.41) is 20.3. The molecule has 0 radical (unpaired) electrons. The summed E-state index contributed by atoms with van der Waals surface area (Å²) in [4.78, 5) is 36.6. The van der Waals surface area contributed by atoms with E-state index in [0.717, 1.165) is 52.0 Å². The van der Waals surface area contributed by atoms with Crippen LogP contribution in [0.3, 0.4) is 0 Å². The van der Waals surface area contributed by atoms with Gasteiger partial charge < -0.3 is 19.6 Å². The van der Waals surface area contributed by atoms with Gasteiger partial charge in [-0.25, -0.2) is 4.98 Å². The first-order chi connectivity index (χ1) is 19.6. The molecule has 0 unspecified atom stereocenters. The molecular weight excluding hydrogens is 525 g/mol. The molecule has 14 nitrogen and oxygen atoms in total. The fraction of sp³-hybridized carbons (Fsp3) is 0.400. The van der Waals surface area contributed by atoms with E-state index < -0.39 is 11.9 Å². The summed E-state index contributed by atoms with van der Waals surface area (Å²) >= 11 is 0. The number of hydrogen-bond acceptors (Lipinski definition) is 10. The lowest BCUT2D eigenvalue weighted by molar-refractivity contribution is -0.122. The minimum atomic E-state index is -0.691. The van der Waals surface area contributed by atoms with Crippen LogP contribution in [-0.2, 0) is 9.53 Å². The van der Waals surface area contributed by atoms with E-state index >= 15 is 0 Å². The number of anilines is 1. The number of aromatic nitrogens is 7. The Bertz CT molecular complexity index is 1410. The zero-order valence-electron chi connectivity index (χ0n) is 21.4. The number of nitrogens with one attached hydrogen (secondary N) is 2. The van der Waals surface area contributed by atoms with Crippen LogP contribution >= 0.6 is 0 Å². The molecule has 2 aliphatic rings. The van der Waals surface area contributed by atoms with Gasteiger partial charge in [0.05, 0.1) is 37.3 Å². The summed E-state index contributed by atoms with van der Waals surface area (Å²) < 4.78 is 26.5. The van der Waals surface area contributed by atoms with Crippen LogP contribution in [0, 0.1) is 5.95 Å². The highest BCUT2D eigenvalue weighted by Gasteiger charge is 2.29. The van der Waals surface area contributed by atoms with Gasteiger partial charge in [-0.3, -0.25) is 34.2 Å². The molecule has 0 atom stereocenters. The minimum Gasteiger partial charge on any atom is -0.483 e. The van der Waals surface area contributed by atoms with E-state index in [9.17, 15) is 9.18 Å². The number of oxazole rings is 1. The Hall–Kier alpha value is -4.50. The SMILES string of the molecule is O=C(Nc1cn(C2CCC(N3CCOCC3)CC2)nc1-c1cnccn1)c1coc(-c2cn[nH]c2F)n1.O=CO. The number of halogens is 1. The maximum atomic E-state index is 13.8. The lowest BCUT2D eigenvalue weighted by Gasteiger charge is -2.38. The van der Waals surface area contributed by atoms with Crippen LogP contribution in [0.2, 0.25) is 0 Å². The Morgan fingerprint density at radius 2 is 1.90 bits per heavy atom. The van der Waals surface area contributed by atoms with Crippen LogP contribution in [0.25, 0.3) is 22.8 Å². The molecule has 3 N–H and O–H groups in total. The van der Waals surface area contributed by atoms with Crippen molar-refractivity contribution in [2.24, 2.45) is 0 Å². The maximum Gasteiger partial charge on any atom is 0.290 e. The lowest BCUT2D eigenvalue weighted by atomic mass is 9.90. The second-order valence-corrected chi connectivity index (χ2v) is 9.27. The molecule has 40 heavy (non-hydrogen) atoms. The number of morpholine rings is 1. The number of carbonyl (C=O) groups excluding carboxylic acids is 1. The molecule has 4 aromatic heterocycles. The summed E-state index contributed by atoms with van der Waals surface area (Å²) in [6, 6.07) is 0.775. The van der Waals surface area contributed by atoms with Crippen molar-refractivity contribution in [1.82, 2.24) is 39.8 Å². The number of carbonyl (C=O) groups is 2. The standard InChI is InChI=1S/C24H26FN9O3.CH2O2/c25-22-17(11-28-31-22)24-30-20(14-37-24)23(35)29-19-13-34(32-21(19)18-12-26-5-6-27-18)16-3-1-15(2-4-16)33-7-9-36-10-8-33;2-1-3/h5-6,11-16H,1-4,7-10H2,(H,28,31)(H,29,35);1H,(H,2,3). The van der Waals surface area contributed by atoms with Crippen LogP contribution in [0.15, 0.2) is 41.7 Å². The number of hydrogen-bond donors (Lipinski definition) is 3. The average Bonchev–Trinajstić information content (AvgIpc) is 3.75. The van der Waals surface area contributed by atoms with Crippen LogP contribution < -0.4 is 5.32 Å². The van der Waals surface area contributed by atoms with Gasteiger partial charge in [0.15, 0.2) is 5.69 Å². The van der Waals surface area contributed by atoms with E-state index in [1.54, 1.807) is 18.6 Å². The van der Waals surface area contributed by atoms with Gasteiger partial charge in [-0.05, 0) is 25.7 Å². The summed E-state index contributed by atoms with van der Waals surface area (Å²) in [6.07, 6.45) is 13.2. The van der Waals surface area contributed by atoms with Gasteiger partial charge in [-0.2, -0.15) is 14.6 Å². The molecule has 210 valence electrons. The highest BCUT2D eigenvalue weighted by Crippen LogP contribution is 2.34. The third kappa shape index (κ3) is 6.05. The van der Waals surface area contributed by atoms with Crippen molar-refractivity contribution in [2.75, 3.05) is 31.6 Å². The molecule has 1 saturated heterocycles. The van der Waals surface area contributed by atoms with Gasteiger partial charge >= 0.3 is 0 Å². The van der Waals surface area contributed by atoms with Gasteiger partial charge in [-0.15, -0.1) is 0 Å². The molecule has 4 aromatic rings. The third-order valence-corrected chi connectivity index (χ3v) is 6.95. The molecule has 1 aliphatic carbocycles.